The fourth-order valence-electron chi connectivity index (χ4n) is 3.33. The summed E-state index contributed by atoms with van der Waals surface area (Å²) in [6.07, 6.45) is 4.01. The van der Waals surface area contributed by atoms with E-state index in [0.29, 0.717) is 18.5 Å². The molecule has 0 spiro atoms. The topological polar surface area (TPSA) is 78.1 Å². The van der Waals surface area contributed by atoms with Crippen molar-refractivity contribution in [1.29, 1.82) is 0 Å². The second kappa shape index (κ2) is 6.05. The van der Waals surface area contributed by atoms with E-state index in [2.05, 4.69) is 15.3 Å². The molecule has 2 amide bonds. The first-order chi connectivity index (χ1) is 12.2. The maximum absolute atomic E-state index is 12.8. The average molecular weight is 334 g/mol. The van der Waals surface area contributed by atoms with Gasteiger partial charge in [-0.1, -0.05) is 24.3 Å². The number of anilines is 1. The molecule has 6 nitrogen and oxygen atoms in total. The van der Waals surface area contributed by atoms with Gasteiger partial charge in [-0.15, -0.1) is 0 Å². The normalized spacial score (nSPS) is 14.1. The minimum Gasteiger partial charge on any atom is -0.354 e. The van der Waals surface area contributed by atoms with Crippen molar-refractivity contribution in [2.45, 2.75) is 19.4 Å². The summed E-state index contributed by atoms with van der Waals surface area (Å²) in [6, 6.07) is 10.9. The first-order valence-electron chi connectivity index (χ1n) is 8.27. The number of rotatable bonds is 5. The Kier molecular flexibility index (Phi) is 3.72. The van der Waals surface area contributed by atoms with E-state index in [1.165, 1.54) is 0 Å². The van der Waals surface area contributed by atoms with Crippen LogP contribution in [0.2, 0.25) is 0 Å². The Bertz CT molecular complexity index is 944. The number of aromatic amines is 1. The van der Waals surface area contributed by atoms with Crippen molar-refractivity contribution in [1.82, 2.24) is 15.3 Å². The highest BCUT2D eigenvalue weighted by molar-refractivity contribution is 6.26. The molecule has 1 aliphatic heterocycles. The first kappa shape index (κ1) is 15.4. The Morgan fingerprint density at radius 3 is 2.84 bits per heavy atom. The summed E-state index contributed by atoms with van der Waals surface area (Å²) in [5.74, 6) is -0.291. The van der Waals surface area contributed by atoms with Gasteiger partial charge in [-0.05, 0) is 24.4 Å². The van der Waals surface area contributed by atoms with Crippen LogP contribution < -0.4 is 10.2 Å². The Balaban J connectivity index is 1.53. The number of carbonyl (C=O) groups is 2. The van der Waals surface area contributed by atoms with Crippen molar-refractivity contribution in [3.8, 4) is 0 Å². The van der Waals surface area contributed by atoms with Crippen LogP contribution in [0.25, 0.3) is 10.8 Å². The number of carbonyl (C=O) groups excluding carboxylic acids is 2. The van der Waals surface area contributed by atoms with Crippen LogP contribution >= 0.6 is 0 Å². The van der Waals surface area contributed by atoms with Gasteiger partial charge >= 0.3 is 0 Å². The van der Waals surface area contributed by atoms with Gasteiger partial charge in [0.25, 0.3) is 5.91 Å². The van der Waals surface area contributed by atoms with Gasteiger partial charge in [0.1, 0.15) is 6.04 Å². The third-order valence-electron chi connectivity index (χ3n) is 4.61. The lowest BCUT2D eigenvalue weighted by Gasteiger charge is -2.24. The zero-order chi connectivity index (χ0) is 17.4. The molecule has 2 aromatic carbocycles. The molecule has 0 unspecified atom stereocenters. The molecule has 0 saturated carbocycles. The minimum atomic E-state index is -0.577. The molecule has 0 bridgehead atoms. The average Bonchev–Trinajstić information content (AvgIpc) is 3.23. The summed E-state index contributed by atoms with van der Waals surface area (Å²) in [4.78, 5) is 33.9. The quantitative estimate of drug-likeness (QED) is 0.751. The molecule has 4 rings (SSSR count). The van der Waals surface area contributed by atoms with Crippen LogP contribution in [0.1, 0.15) is 23.0 Å². The van der Waals surface area contributed by atoms with Crippen LogP contribution in [0.15, 0.2) is 48.9 Å². The summed E-state index contributed by atoms with van der Waals surface area (Å²) < 4.78 is 0. The molecule has 126 valence electrons. The zero-order valence-corrected chi connectivity index (χ0v) is 13.8. The van der Waals surface area contributed by atoms with Gasteiger partial charge in [0.2, 0.25) is 5.91 Å². The maximum Gasteiger partial charge on any atom is 0.259 e. The number of aromatic nitrogens is 2. The number of benzene rings is 2. The van der Waals surface area contributed by atoms with E-state index in [4.69, 9.17) is 0 Å². The molecule has 6 heteroatoms. The highest BCUT2D eigenvalue weighted by Crippen LogP contribution is 2.38. The molecule has 1 atom stereocenters. The zero-order valence-electron chi connectivity index (χ0n) is 13.8. The number of hydrogen-bond donors (Lipinski definition) is 2. The van der Waals surface area contributed by atoms with Crippen molar-refractivity contribution in [2.24, 2.45) is 0 Å². The summed E-state index contributed by atoms with van der Waals surface area (Å²) in [6.45, 7) is 2.25. The maximum atomic E-state index is 12.8. The van der Waals surface area contributed by atoms with E-state index in [9.17, 15) is 9.59 Å². The Morgan fingerprint density at radius 2 is 2.08 bits per heavy atom. The second-order valence-corrected chi connectivity index (χ2v) is 6.15. The first-order valence-corrected chi connectivity index (χ1v) is 8.27. The molecule has 1 aliphatic rings. The van der Waals surface area contributed by atoms with E-state index < -0.39 is 6.04 Å². The van der Waals surface area contributed by atoms with Gasteiger partial charge in [0, 0.05) is 35.8 Å². The number of imidazole rings is 1. The predicted molar refractivity (Wildman–Crippen MR) is 95.5 cm³/mol. The Hall–Kier alpha value is -3.15. The highest BCUT2D eigenvalue weighted by atomic mass is 16.2. The van der Waals surface area contributed by atoms with Crippen molar-refractivity contribution in [2.75, 3.05) is 11.4 Å². The fraction of sp³-hybridized carbons (Fsp3) is 0.211. The van der Waals surface area contributed by atoms with Crippen molar-refractivity contribution >= 4 is 28.3 Å². The van der Waals surface area contributed by atoms with Crippen LogP contribution in [0.3, 0.4) is 0 Å². The summed E-state index contributed by atoms with van der Waals surface area (Å²) in [5, 5.41) is 4.83. The lowest BCUT2D eigenvalue weighted by molar-refractivity contribution is -0.121. The van der Waals surface area contributed by atoms with Gasteiger partial charge in [0.05, 0.1) is 12.0 Å². The van der Waals surface area contributed by atoms with Crippen LogP contribution in [0.4, 0.5) is 5.69 Å². The molecule has 2 N–H and O–H groups in total. The van der Waals surface area contributed by atoms with Crippen molar-refractivity contribution < 1.29 is 9.59 Å². The van der Waals surface area contributed by atoms with E-state index in [0.717, 1.165) is 22.2 Å². The molecule has 0 fully saturated rings. The molecule has 2 heterocycles. The van der Waals surface area contributed by atoms with Gasteiger partial charge in [-0.25, -0.2) is 4.98 Å². The predicted octanol–water partition coefficient (Wildman–Crippen LogP) is 2.27. The smallest absolute Gasteiger partial charge is 0.259 e. The summed E-state index contributed by atoms with van der Waals surface area (Å²) in [5.41, 5.74) is 2.42. The summed E-state index contributed by atoms with van der Waals surface area (Å²) in [7, 11) is 0. The molecule has 25 heavy (non-hydrogen) atoms. The monoisotopic (exact) mass is 334 g/mol. The minimum absolute atomic E-state index is 0.122. The van der Waals surface area contributed by atoms with E-state index >= 15 is 0 Å². The van der Waals surface area contributed by atoms with Gasteiger partial charge in [0.15, 0.2) is 0 Å². The molecule has 0 radical (unpaired) electrons. The molecule has 0 saturated heterocycles. The van der Waals surface area contributed by atoms with Crippen LogP contribution in [-0.4, -0.2) is 34.4 Å². The van der Waals surface area contributed by atoms with Crippen LogP contribution in [0, 0.1) is 0 Å². The fourth-order valence-corrected chi connectivity index (χ4v) is 3.33. The van der Waals surface area contributed by atoms with Gasteiger partial charge in [-0.3, -0.25) is 14.5 Å². The molecular formula is C19H18N4O2. The molecule has 1 aromatic heterocycles. The molecule has 3 aromatic rings. The molecule has 0 aliphatic carbocycles. The lowest BCUT2D eigenvalue weighted by atomic mass is 10.1. The third-order valence-corrected chi connectivity index (χ3v) is 4.61. The standard InChI is InChI=1S/C19H18N4O2/c1-12(18(24)21-9-8-14-10-20-11-22-14)23-16-7-3-5-13-4-2-6-15(17(13)16)19(23)25/h2-7,10-12H,8-9H2,1H3,(H,20,22)(H,21,24)/t12-/m0/s1. The SMILES string of the molecule is C[C@@H](C(=O)NCCc1cnc[nH]1)N1C(=O)c2cccc3cccc1c23. The number of H-pyrrole nitrogens is 1. The Morgan fingerprint density at radius 1 is 1.28 bits per heavy atom. The van der Waals surface area contributed by atoms with Gasteiger partial charge < -0.3 is 10.3 Å². The van der Waals surface area contributed by atoms with E-state index in [-0.39, 0.29) is 11.8 Å². The van der Waals surface area contributed by atoms with E-state index in [1.54, 1.807) is 24.3 Å². The second-order valence-electron chi connectivity index (χ2n) is 6.15. The number of nitrogens with one attached hydrogen (secondary N) is 2. The Labute approximate surface area is 144 Å². The lowest BCUT2D eigenvalue weighted by Crippen LogP contribution is -2.47. The number of nitrogens with zero attached hydrogens (tertiary/aromatic N) is 2. The summed E-state index contributed by atoms with van der Waals surface area (Å²) >= 11 is 0. The van der Waals surface area contributed by atoms with E-state index in [1.807, 2.05) is 36.4 Å². The highest BCUT2D eigenvalue weighted by Gasteiger charge is 2.35. The number of amides is 2. The van der Waals surface area contributed by atoms with Crippen LogP contribution in [0.5, 0.6) is 0 Å². The largest absolute Gasteiger partial charge is 0.354 e. The molecular weight excluding hydrogens is 316 g/mol. The number of hydrogen-bond acceptors (Lipinski definition) is 3. The van der Waals surface area contributed by atoms with Gasteiger partial charge in [-0.2, -0.15) is 0 Å². The van der Waals surface area contributed by atoms with Crippen molar-refractivity contribution in [3.63, 3.8) is 0 Å². The third kappa shape index (κ3) is 2.55. The van der Waals surface area contributed by atoms with Crippen molar-refractivity contribution in [3.05, 3.63) is 60.2 Å². The van der Waals surface area contributed by atoms with Crippen LogP contribution in [-0.2, 0) is 11.2 Å².